The Bertz CT molecular complexity index is 238. The van der Waals surface area contributed by atoms with Crippen molar-refractivity contribution in [2.24, 2.45) is 5.92 Å². The van der Waals surface area contributed by atoms with Crippen LogP contribution in [0.15, 0.2) is 0 Å². The zero-order chi connectivity index (χ0) is 10.7. The van der Waals surface area contributed by atoms with Crippen molar-refractivity contribution in [3.63, 3.8) is 0 Å². The van der Waals surface area contributed by atoms with Gasteiger partial charge in [-0.25, -0.2) is 4.79 Å². The van der Waals surface area contributed by atoms with Crippen molar-refractivity contribution < 1.29 is 14.3 Å². The lowest BCUT2D eigenvalue weighted by molar-refractivity contribution is -0.123. The number of ketones is 1. The molecule has 1 rings (SSSR count). The van der Waals surface area contributed by atoms with Gasteiger partial charge in [0.25, 0.3) is 0 Å². The smallest absolute Gasteiger partial charge is 0.409 e. The van der Waals surface area contributed by atoms with E-state index in [-0.39, 0.29) is 17.9 Å². The lowest BCUT2D eigenvalue weighted by Crippen LogP contribution is -2.48. The van der Waals surface area contributed by atoms with Crippen molar-refractivity contribution in [2.75, 3.05) is 13.7 Å². The summed E-state index contributed by atoms with van der Waals surface area (Å²) in [4.78, 5) is 24.3. The van der Waals surface area contributed by atoms with E-state index in [4.69, 9.17) is 0 Å². The molecule has 1 atom stereocenters. The standard InChI is InChI=1S/C10H17NO3/c1-7(2)9-6-8(12)4-5-11(9)10(13)14-3/h7,9H,4-6H2,1-3H3/t9-/m0/s1. The van der Waals surface area contributed by atoms with Crippen LogP contribution in [0.1, 0.15) is 26.7 Å². The largest absolute Gasteiger partial charge is 0.453 e. The Labute approximate surface area is 84.2 Å². The molecule has 0 aromatic rings. The van der Waals surface area contributed by atoms with Crippen LogP contribution >= 0.6 is 0 Å². The number of rotatable bonds is 1. The molecule has 0 aromatic heterocycles. The molecule has 0 bridgehead atoms. The number of methoxy groups -OCH3 is 1. The number of Topliss-reactive ketones (excluding diaryl/α,β-unsaturated/α-hetero) is 1. The Hall–Kier alpha value is -1.06. The van der Waals surface area contributed by atoms with Gasteiger partial charge in [-0.1, -0.05) is 13.8 Å². The van der Waals surface area contributed by atoms with E-state index < -0.39 is 0 Å². The number of carbonyl (C=O) groups excluding carboxylic acids is 2. The average Bonchev–Trinajstić information content (AvgIpc) is 2.16. The van der Waals surface area contributed by atoms with Crippen LogP contribution < -0.4 is 0 Å². The van der Waals surface area contributed by atoms with Gasteiger partial charge in [-0.3, -0.25) is 4.79 Å². The summed E-state index contributed by atoms with van der Waals surface area (Å²) in [5.74, 6) is 0.530. The molecule has 14 heavy (non-hydrogen) atoms. The van der Waals surface area contributed by atoms with Gasteiger partial charge in [-0.05, 0) is 5.92 Å². The summed E-state index contributed by atoms with van der Waals surface area (Å²) in [5, 5.41) is 0. The lowest BCUT2D eigenvalue weighted by Gasteiger charge is -2.36. The van der Waals surface area contributed by atoms with E-state index in [0.29, 0.717) is 25.3 Å². The summed E-state index contributed by atoms with van der Waals surface area (Å²) < 4.78 is 4.68. The second-order valence-corrected chi connectivity index (χ2v) is 3.97. The molecule has 1 saturated heterocycles. The summed E-state index contributed by atoms with van der Waals surface area (Å²) in [6, 6.07) is 0.00343. The first-order chi connectivity index (χ1) is 6.56. The van der Waals surface area contributed by atoms with Gasteiger partial charge >= 0.3 is 6.09 Å². The van der Waals surface area contributed by atoms with E-state index in [1.165, 1.54) is 7.11 Å². The highest BCUT2D eigenvalue weighted by Gasteiger charge is 2.32. The van der Waals surface area contributed by atoms with Crippen molar-refractivity contribution in [1.29, 1.82) is 0 Å². The molecule has 0 saturated carbocycles. The van der Waals surface area contributed by atoms with Crippen molar-refractivity contribution in [3.05, 3.63) is 0 Å². The molecule has 0 unspecified atom stereocenters. The molecule has 1 fully saturated rings. The van der Waals surface area contributed by atoms with Crippen LogP contribution in [0.5, 0.6) is 0 Å². The fraction of sp³-hybridized carbons (Fsp3) is 0.800. The zero-order valence-electron chi connectivity index (χ0n) is 8.95. The number of piperidine rings is 1. The van der Waals surface area contributed by atoms with Gasteiger partial charge in [0.15, 0.2) is 0 Å². The van der Waals surface area contributed by atoms with Crippen molar-refractivity contribution >= 4 is 11.9 Å². The number of hydrogen-bond acceptors (Lipinski definition) is 3. The van der Waals surface area contributed by atoms with Crippen LogP contribution in [0.3, 0.4) is 0 Å². The highest BCUT2D eigenvalue weighted by Crippen LogP contribution is 2.21. The van der Waals surface area contributed by atoms with Gasteiger partial charge in [-0.15, -0.1) is 0 Å². The third-order valence-corrected chi connectivity index (χ3v) is 2.65. The molecule has 0 spiro atoms. The molecule has 0 radical (unpaired) electrons. The Kier molecular flexibility index (Phi) is 3.49. The van der Waals surface area contributed by atoms with Crippen LogP contribution in [0.25, 0.3) is 0 Å². The highest BCUT2D eigenvalue weighted by molar-refractivity contribution is 5.82. The predicted molar refractivity (Wildman–Crippen MR) is 52.0 cm³/mol. The third kappa shape index (κ3) is 2.25. The fourth-order valence-corrected chi connectivity index (χ4v) is 1.80. The van der Waals surface area contributed by atoms with E-state index >= 15 is 0 Å². The van der Waals surface area contributed by atoms with Gasteiger partial charge in [0, 0.05) is 25.4 Å². The monoisotopic (exact) mass is 199 g/mol. The minimum Gasteiger partial charge on any atom is -0.453 e. The molecule has 0 aromatic carbocycles. The summed E-state index contributed by atoms with van der Waals surface area (Å²) in [6.45, 7) is 4.52. The third-order valence-electron chi connectivity index (χ3n) is 2.65. The SMILES string of the molecule is COC(=O)N1CCC(=O)C[C@H]1C(C)C. The molecule has 4 heteroatoms. The first kappa shape index (κ1) is 11.0. The van der Waals surface area contributed by atoms with Crippen molar-refractivity contribution in [2.45, 2.75) is 32.7 Å². The topological polar surface area (TPSA) is 46.6 Å². The summed E-state index contributed by atoms with van der Waals surface area (Å²) >= 11 is 0. The quantitative estimate of drug-likeness (QED) is 0.642. The predicted octanol–water partition coefficient (Wildman–Crippen LogP) is 1.44. The number of nitrogens with zero attached hydrogens (tertiary/aromatic N) is 1. The molecule has 1 heterocycles. The van der Waals surface area contributed by atoms with E-state index in [1.54, 1.807) is 4.90 Å². The van der Waals surface area contributed by atoms with E-state index in [9.17, 15) is 9.59 Å². The number of ether oxygens (including phenoxy) is 1. The van der Waals surface area contributed by atoms with Crippen LogP contribution in [0, 0.1) is 5.92 Å². The first-order valence-electron chi connectivity index (χ1n) is 4.92. The number of likely N-dealkylation sites (tertiary alicyclic amines) is 1. The van der Waals surface area contributed by atoms with Crippen LogP contribution in [0.2, 0.25) is 0 Å². The number of hydrogen-bond donors (Lipinski definition) is 0. The van der Waals surface area contributed by atoms with Gasteiger partial charge in [-0.2, -0.15) is 0 Å². The molecule has 0 N–H and O–H groups in total. The minimum atomic E-state index is -0.323. The second-order valence-electron chi connectivity index (χ2n) is 3.97. The molecular formula is C10H17NO3. The number of amides is 1. The Balaban J connectivity index is 2.72. The fourth-order valence-electron chi connectivity index (χ4n) is 1.80. The maximum atomic E-state index is 11.4. The van der Waals surface area contributed by atoms with Crippen molar-refractivity contribution in [3.8, 4) is 0 Å². The molecular weight excluding hydrogens is 182 g/mol. The van der Waals surface area contributed by atoms with Crippen LogP contribution in [-0.4, -0.2) is 36.5 Å². The first-order valence-corrected chi connectivity index (χ1v) is 4.92. The number of carbonyl (C=O) groups is 2. The molecule has 1 amide bonds. The molecule has 80 valence electrons. The normalized spacial score (nSPS) is 22.7. The van der Waals surface area contributed by atoms with Gasteiger partial charge < -0.3 is 9.64 Å². The Morgan fingerprint density at radius 1 is 1.57 bits per heavy atom. The Morgan fingerprint density at radius 3 is 2.71 bits per heavy atom. The second kappa shape index (κ2) is 4.44. The Morgan fingerprint density at radius 2 is 2.21 bits per heavy atom. The molecule has 1 aliphatic heterocycles. The van der Waals surface area contributed by atoms with E-state index in [2.05, 4.69) is 4.74 Å². The minimum absolute atomic E-state index is 0.00343. The van der Waals surface area contributed by atoms with Crippen molar-refractivity contribution in [1.82, 2.24) is 4.90 Å². The van der Waals surface area contributed by atoms with Gasteiger partial charge in [0.1, 0.15) is 5.78 Å². The van der Waals surface area contributed by atoms with Crippen LogP contribution in [-0.2, 0) is 9.53 Å². The maximum absolute atomic E-state index is 11.4. The van der Waals surface area contributed by atoms with Gasteiger partial charge in [0.2, 0.25) is 0 Å². The molecule has 0 aliphatic carbocycles. The van der Waals surface area contributed by atoms with Gasteiger partial charge in [0.05, 0.1) is 7.11 Å². The average molecular weight is 199 g/mol. The maximum Gasteiger partial charge on any atom is 0.409 e. The molecule has 4 nitrogen and oxygen atoms in total. The van der Waals surface area contributed by atoms with E-state index in [1.807, 2.05) is 13.8 Å². The lowest BCUT2D eigenvalue weighted by atomic mass is 9.92. The highest BCUT2D eigenvalue weighted by atomic mass is 16.5. The molecule has 1 aliphatic rings. The summed E-state index contributed by atoms with van der Waals surface area (Å²) in [7, 11) is 1.37. The summed E-state index contributed by atoms with van der Waals surface area (Å²) in [6.07, 6.45) is 0.599. The van der Waals surface area contributed by atoms with E-state index in [0.717, 1.165) is 0 Å². The zero-order valence-corrected chi connectivity index (χ0v) is 8.95. The van der Waals surface area contributed by atoms with Crippen LogP contribution in [0.4, 0.5) is 4.79 Å². The summed E-state index contributed by atoms with van der Waals surface area (Å²) in [5.41, 5.74) is 0.